The quantitative estimate of drug-likeness (QED) is 0.738. The molecule has 0 aromatic heterocycles. The van der Waals surface area contributed by atoms with Crippen molar-refractivity contribution in [3.8, 4) is 0 Å². The predicted molar refractivity (Wildman–Crippen MR) is 108 cm³/mol. The van der Waals surface area contributed by atoms with Gasteiger partial charge in [0.2, 0.25) is 0 Å². The molecule has 29 heavy (non-hydrogen) atoms. The van der Waals surface area contributed by atoms with Crippen molar-refractivity contribution >= 4 is 17.8 Å². The third-order valence-corrected chi connectivity index (χ3v) is 5.90. The Kier molecular flexibility index (Phi) is 5.45. The van der Waals surface area contributed by atoms with Gasteiger partial charge in [-0.25, -0.2) is 0 Å². The number of hydrogen-bond acceptors (Lipinski definition) is 4. The largest absolute Gasteiger partial charge is 0.480 e. The van der Waals surface area contributed by atoms with Crippen molar-refractivity contribution in [2.24, 2.45) is 0 Å². The molecule has 2 aromatic rings. The number of benzene rings is 2. The van der Waals surface area contributed by atoms with Crippen LogP contribution in [0, 0.1) is 0 Å². The van der Waals surface area contributed by atoms with Crippen LogP contribution < -0.4 is 5.32 Å². The predicted octanol–water partition coefficient (Wildman–Crippen LogP) is 2.88. The Hall–Kier alpha value is -2.99. The first kappa shape index (κ1) is 19.3. The summed E-state index contributed by atoms with van der Waals surface area (Å²) in [6.07, 6.45) is 3.25. The standard InChI is InChI=1S/C23H24N2O4/c26-21-18-8-4-5-9-19(18)22(27)25(21)17-12-10-16(11-13-17)24-20(23(28)29)14-15-6-2-1-3-7-15/h1-9,16-17,20,24H,10-14H2,(H,28,29)/t16?,17?,20-/m0/s1. The Morgan fingerprint density at radius 1 is 0.931 bits per heavy atom. The van der Waals surface area contributed by atoms with Crippen molar-refractivity contribution in [2.75, 3.05) is 0 Å². The number of nitrogens with zero attached hydrogens (tertiary/aromatic N) is 1. The fourth-order valence-electron chi connectivity index (χ4n) is 4.39. The highest BCUT2D eigenvalue weighted by molar-refractivity contribution is 6.21. The molecule has 0 saturated heterocycles. The summed E-state index contributed by atoms with van der Waals surface area (Å²) >= 11 is 0. The number of rotatable bonds is 6. The van der Waals surface area contributed by atoms with E-state index >= 15 is 0 Å². The van der Waals surface area contributed by atoms with Crippen LogP contribution in [-0.2, 0) is 11.2 Å². The van der Waals surface area contributed by atoms with E-state index in [4.69, 9.17) is 0 Å². The van der Waals surface area contributed by atoms with Gasteiger partial charge in [-0.05, 0) is 49.8 Å². The van der Waals surface area contributed by atoms with Crippen LogP contribution in [0.4, 0.5) is 0 Å². The second-order valence-electron chi connectivity index (χ2n) is 7.78. The maximum atomic E-state index is 12.7. The monoisotopic (exact) mass is 392 g/mol. The van der Waals surface area contributed by atoms with Gasteiger partial charge in [0, 0.05) is 12.1 Å². The van der Waals surface area contributed by atoms with Crippen LogP contribution in [0.3, 0.4) is 0 Å². The van der Waals surface area contributed by atoms with Crippen molar-refractivity contribution in [3.63, 3.8) is 0 Å². The molecule has 1 fully saturated rings. The van der Waals surface area contributed by atoms with Gasteiger partial charge in [0.05, 0.1) is 11.1 Å². The fourth-order valence-corrected chi connectivity index (χ4v) is 4.39. The molecule has 6 heteroatoms. The lowest BCUT2D eigenvalue weighted by molar-refractivity contribution is -0.139. The first-order valence-corrected chi connectivity index (χ1v) is 10.0. The number of hydrogen-bond donors (Lipinski definition) is 2. The normalized spacial score (nSPS) is 22.4. The SMILES string of the molecule is O=C(O)[C@H](Cc1ccccc1)NC1CCC(N2C(=O)c3ccccc3C2=O)CC1. The van der Waals surface area contributed by atoms with Crippen LogP contribution in [0.2, 0.25) is 0 Å². The van der Waals surface area contributed by atoms with Gasteiger partial charge in [-0.1, -0.05) is 42.5 Å². The lowest BCUT2D eigenvalue weighted by Gasteiger charge is -2.35. The second kappa shape index (κ2) is 8.17. The summed E-state index contributed by atoms with van der Waals surface area (Å²) in [6, 6.07) is 15.8. The average molecular weight is 392 g/mol. The van der Waals surface area contributed by atoms with E-state index in [0.29, 0.717) is 30.4 Å². The molecule has 6 nitrogen and oxygen atoms in total. The smallest absolute Gasteiger partial charge is 0.321 e. The molecule has 2 aliphatic rings. The maximum Gasteiger partial charge on any atom is 0.321 e. The van der Waals surface area contributed by atoms with Gasteiger partial charge < -0.3 is 10.4 Å². The van der Waals surface area contributed by atoms with Crippen molar-refractivity contribution < 1.29 is 19.5 Å². The van der Waals surface area contributed by atoms with E-state index < -0.39 is 12.0 Å². The van der Waals surface area contributed by atoms with E-state index in [9.17, 15) is 19.5 Å². The Bertz CT molecular complexity index is 884. The van der Waals surface area contributed by atoms with Crippen LogP contribution >= 0.6 is 0 Å². The summed E-state index contributed by atoms with van der Waals surface area (Å²) < 4.78 is 0. The number of carbonyl (C=O) groups excluding carboxylic acids is 2. The zero-order chi connectivity index (χ0) is 20.4. The number of carbonyl (C=O) groups is 3. The first-order valence-electron chi connectivity index (χ1n) is 10.0. The minimum atomic E-state index is -0.865. The molecule has 1 aliphatic heterocycles. The van der Waals surface area contributed by atoms with Crippen LogP contribution in [0.1, 0.15) is 52.0 Å². The molecular formula is C23H24N2O4. The summed E-state index contributed by atoms with van der Waals surface area (Å²) in [5, 5.41) is 12.9. The van der Waals surface area contributed by atoms with Gasteiger partial charge in [0.1, 0.15) is 6.04 Å². The summed E-state index contributed by atoms with van der Waals surface area (Å²) in [5.41, 5.74) is 1.94. The lowest BCUT2D eigenvalue weighted by atomic mass is 9.89. The Morgan fingerprint density at radius 2 is 1.48 bits per heavy atom. The Labute approximate surface area is 169 Å². The molecule has 2 N–H and O–H groups in total. The van der Waals surface area contributed by atoms with Crippen molar-refractivity contribution in [1.29, 1.82) is 0 Å². The molecule has 4 rings (SSSR count). The van der Waals surface area contributed by atoms with Crippen LogP contribution in [0.15, 0.2) is 54.6 Å². The number of imide groups is 1. The van der Waals surface area contributed by atoms with Crippen molar-refractivity contribution in [1.82, 2.24) is 10.2 Å². The Balaban J connectivity index is 1.36. The van der Waals surface area contributed by atoms with Gasteiger partial charge in [-0.2, -0.15) is 0 Å². The molecule has 1 heterocycles. The molecule has 0 bridgehead atoms. The molecule has 150 valence electrons. The summed E-state index contributed by atoms with van der Waals surface area (Å²) in [6.45, 7) is 0. The van der Waals surface area contributed by atoms with Crippen LogP contribution in [0.5, 0.6) is 0 Å². The summed E-state index contributed by atoms with van der Waals surface area (Å²) in [7, 11) is 0. The molecule has 2 aromatic carbocycles. The van der Waals surface area contributed by atoms with Gasteiger partial charge >= 0.3 is 5.97 Å². The minimum absolute atomic E-state index is 0.0613. The zero-order valence-corrected chi connectivity index (χ0v) is 16.1. The zero-order valence-electron chi connectivity index (χ0n) is 16.1. The van der Waals surface area contributed by atoms with Crippen molar-refractivity contribution in [2.45, 2.75) is 50.2 Å². The number of amides is 2. The number of carboxylic acid groups (broad SMARTS) is 1. The Morgan fingerprint density at radius 3 is 2.03 bits per heavy atom. The molecule has 1 atom stereocenters. The van der Waals surface area contributed by atoms with E-state index in [0.717, 1.165) is 18.4 Å². The number of fused-ring (bicyclic) bond motifs is 1. The summed E-state index contributed by atoms with van der Waals surface area (Å²) in [4.78, 5) is 38.4. The molecular weight excluding hydrogens is 368 g/mol. The third kappa shape index (κ3) is 3.93. The maximum absolute atomic E-state index is 12.7. The number of aliphatic carboxylic acids is 1. The molecule has 0 radical (unpaired) electrons. The first-order chi connectivity index (χ1) is 14.0. The molecule has 1 saturated carbocycles. The third-order valence-electron chi connectivity index (χ3n) is 5.90. The second-order valence-corrected chi connectivity index (χ2v) is 7.78. The minimum Gasteiger partial charge on any atom is -0.480 e. The van der Waals surface area contributed by atoms with E-state index in [1.54, 1.807) is 24.3 Å². The van der Waals surface area contributed by atoms with Crippen molar-refractivity contribution in [3.05, 3.63) is 71.3 Å². The molecule has 2 amide bonds. The molecule has 0 unspecified atom stereocenters. The fraction of sp³-hybridized carbons (Fsp3) is 0.348. The topological polar surface area (TPSA) is 86.7 Å². The van der Waals surface area contributed by atoms with Crippen LogP contribution in [-0.4, -0.2) is 45.9 Å². The molecule has 1 aliphatic carbocycles. The highest BCUT2D eigenvalue weighted by Gasteiger charge is 2.41. The highest BCUT2D eigenvalue weighted by Crippen LogP contribution is 2.31. The number of nitrogens with one attached hydrogen (secondary N) is 1. The highest BCUT2D eigenvalue weighted by atomic mass is 16.4. The molecule has 0 spiro atoms. The van der Waals surface area contributed by atoms with E-state index in [-0.39, 0.29) is 23.9 Å². The van der Waals surface area contributed by atoms with E-state index in [2.05, 4.69) is 5.32 Å². The average Bonchev–Trinajstić information content (AvgIpc) is 2.99. The summed E-state index contributed by atoms with van der Waals surface area (Å²) in [5.74, 6) is -1.29. The van der Waals surface area contributed by atoms with Gasteiger partial charge in [0.15, 0.2) is 0 Å². The number of carboxylic acids is 1. The van der Waals surface area contributed by atoms with E-state index in [1.807, 2.05) is 30.3 Å². The van der Waals surface area contributed by atoms with E-state index in [1.165, 1.54) is 4.90 Å². The van der Waals surface area contributed by atoms with Gasteiger partial charge in [-0.3, -0.25) is 19.3 Å². The van der Waals surface area contributed by atoms with Gasteiger partial charge in [0.25, 0.3) is 11.8 Å². The van der Waals surface area contributed by atoms with Crippen LogP contribution in [0.25, 0.3) is 0 Å². The van der Waals surface area contributed by atoms with Gasteiger partial charge in [-0.15, -0.1) is 0 Å². The lowest BCUT2D eigenvalue weighted by Crippen LogP contribution is -2.49.